The van der Waals surface area contributed by atoms with Crippen LogP contribution in [0.3, 0.4) is 0 Å². The Balaban J connectivity index is 1.15. The zero-order valence-electron chi connectivity index (χ0n) is 41.5. The minimum atomic E-state index is -3.10. The van der Waals surface area contributed by atoms with Crippen LogP contribution in [0.25, 0.3) is 60.9 Å². The molecular weight excluding hydrogens is 935 g/mol. The molecule has 0 unspecified atom stereocenters. The minimum absolute atomic E-state index is 1.16. The maximum absolute atomic E-state index is 3.10. The van der Waals surface area contributed by atoms with E-state index in [1.165, 1.54) is 96.7 Å². The van der Waals surface area contributed by atoms with Gasteiger partial charge in [0.2, 0.25) is 0 Å². The molecule has 0 spiro atoms. The largest absolute Gasteiger partial charge is 0.308 e. The van der Waals surface area contributed by atoms with Crippen molar-refractivity contribution < 1.29 is 0 Å². The highest BCUT2D eigenvalue weighted by molar-refractivity contribution is 7.20. The fourth-order valence-corrected chi connectivity index (χ4v) is 21.7. The summed E-state index contributed by atoms with van der Waals surface area (Å²) in [5, 5.41) is 13.2. The number of para-hydroxylation sites is 1. The quantitative estimate of drug-likeness (QED) is 0.0849. The van der Waals surface area contributed by atoms with E-state index in [9.17, 15) is 0 Å². The SMILES string of the molecule is c1ccc(-c2ccc([Si](c3ccccc3)(c3ccccc3)c3cc(-c4ccccc4)c(-n4c5ccccc5c5cc([Si](c6ccccc6)(c6ccccc6)c6ccccc6)ccc54)c(-c4ccccc4)c3)cc2)cc1. The van der Waals surface area contributed by atoms with Gasteiger partial charge in [0.05, 0.1) is 16.7 Å². The molecular formula is C72H53NSi2. The second-order valence-electron chi connectivity index (χ2n) is 19.5. The second-order valence-corrected chi connectivity index (χ2v) is 27.1. The molecule has 1 aromatic heterocycles. The molecule has 1 nitrogen and oxygen atoms in total. The number of hydrogen-bond acceptors (Lipinski definition) is 0. The molecule has 0 aliphatic heterocycles. The Kier molecular flexibility index (Phi) is 12.0. The standard InChI is InChI=1S/C72H53NSi2/c1-9-27-54(28-10-1)55-45-47-63(48-46-55)75(61-39-21-7-22-40-61,62-41-23-8-24-42-62)65-52-67(56-29-11-2-12-30-56)72(68(53-65)57-31-13-3-14-32-57)73-70-44-26-25-43-66(70)69-51-64(49-50-71(69)73)74(58-33-15-4-16-34-58,59-35-17-5-18-36-59)60-37-19-6-20-38-60/h1-53H. The molecule has 0 bridgehead atoms. The topological polar surface area (TPSA) is 4.93 Å². The summed E-state index contributed by atoms with van der Waals surface area (Å²) in [6, 6.07) is 121. The Bertz CT molecular complexity index is 3860. The summed E-state index contributed by atoms with van der Waals surface area (Å²) in [5.74, 6) is 0. The van der Waals surface area contributed by atoms with Gasteiger partial charge in [-0.2, -0.15) is 0 Å². The van der Waals surface area contributed by atoms with Gasteiger partial charge < -0.3 is 4.57 Å². The maximum atomic E-state index is 2.59. The predicted molar refractivity (Wildman–Crippen MR) is 324 cm³/mol. The van der Waals surface area contributed by atoms with Crippen LogP contribution < -0.4 is 41.5 Å². The lowest BCUT2D eigenvalue weighted by Crippen LogP contribution is -2.74. The first-order valence-electron chi connectivity index (χ1n) is 26.0. The summed E-state index contributed by atoms with van der Waals surface area (Å²) in [4.78, 5) is 0. The molecule has 13 aromatic rings. The third kappa shape index (κ3) is 7.84. The molecule has 1 heterocycles. The summed E-state index contributed by atoms with van der Waals surface area (Å²) >= 11 is 0. The summed E-state index contributed by atoms with van der Waals surface area (Å²) in [6.45, 7) is 0. The molecule has 12 aromatic carbocycles. The van der Waals surface area contributed by atoms with Crippen LogP contribution in [0.1, 0.15) is 0 Å². The van der Waals surface area contributed by atoms with Crippen molar-refractivity contribution >= 4 is 79.4 Å². The van der Waals surface area contributed by atoms with E-state index < -0.39 is 16.1 Å². The third-order valence-corrected chi connectivity index (χ3v) is 25.0. The van der Waals surface area contributed by atoms with Gasteiger partial charge in [0.25, 0.3) is 0 Å². The molecule has 0 atom stereocenters. The molecule has 0 aliphatic rings. The summed E-state index contributed by atoms with van der Waals surface area (Å²) in [6.07, 6.45) is 0. The van der Waals surface area contributed by atoms with Crippen LogP contribution in [0.4, 0.5) is 0 Å². The molecule has 0 saturated heterocycles. The van der Waals surface area contributed by atoms with E-state index in [0.29, 0.717) is 0 Å². The van der Waals surface area contributed by atoms with Gasteiger partial charge in [-0.05, 0) is 75.9 Å². The molecule has 0 N–H and O–H groups in total. The molecule has 0 fully saturated rings. The lowest BCUT2D eigenvalue weighted by molar-refractivity contribution is 1.18. The Morgan fingerprint density at radius 3 is 0.933 bits per heavy atom. The smallest absolute Gasteiger partial charge is 0.179 e. The van der Waals surface area contributed by atoms with Gasteiger partial charge in [0.15, 0.2) is 16.1 Å². The highest BCUT2D eigenvalue weighted by atomic mass is 28.3. The summed E-state index contributed by atoms with van der Waals surface area (Å²) in [5.41, 5.74) is 10.6. The normalized spacial score (nSPS) is 11.7. The number of aromatic nitrogens is 1. The van der Waals surface area contributed by atoms with Crippen molar-refractivity contribution in [3.63, 3.8) is 0 Å². The number of nitrogens with zero attached hydrogens (tertiary/aromatic N) is 1. The van der Waals surface area contributed by atoms with Gasteiger partial charge in [-0.15, -0.1) is 0 Å². The van der Waals surface area contributed by atoms with Crippen molar-refractivity contribution in [2.75, 3.05) is 0 Å². The lowest BCUT2D eigenvalue weighted by atomic mass is 9.95. The minimum Gasteiger partial charge on any atom is -0.308 e. The summed E-state index contributed by atoms with van der Waals surface area (Å²) < 4.78 is 2.59. The molecule has 3 heteroatoms. The maximum Gasteiger partial charge on any atom is 0.179 e. The van der Waals surface area contributed by atoms with Gasteiger partial charge in [-0.1, -0.05) is 309 Å². The van der Waals surface area contributed by atoms with Crippen molar-refractivity contribution in [1.82, 2.24) is 4.57 Å². The number of hydrogen-bond donors (Lipinski definition) is 0. The zero-order valence-corrected chi connectivity index (χ0v) is 43.5. The van der Waals surface area contributed by atoms with Gasteiger partial charge in [-0.25, -0.2) is 0 Å². The molecule has 75 heavy (non-hydrogen) atoms. The first kappa shape index (κ1) is 45.7. The van der Waals surface area contributed by atoms with E-state index in [2.05, 4.69) is 326 Å². The van der Waals surface area contributed by atoms with Crippen LogP contribution in [-0.4, -0.2) is 20.7 Å². The van der Waals surface area contributed by atoms with E-state index >= 15 is 0 Å². The van der Waals surface area contributed by atoms with E-state index in [1.54, 1.807) is 0 Å². The molecule has 354 valence electrons. The van der Waals surface area contributed by atoms with Crippen LogP contribution in [0.15, 0.2) is 322 Å². The second kappa shape index (κ2) is 19.7. The van der Waals surface area contributed by atoms with Crippen LogP contribution >= 0.6 is 0 Å². The Labute approximate surface area is 442 Å². The van der Waals surface area contributed by atoms with E-state index in [1.807, 2.05) is 0 Å². The number of fused-ring (bicyclic) bond motifs is 3. The van der Waals surface area contributed by atoms with Crippen LogP contribution in [0, 0.1) is 0 Å². The van der Waals surface area contributed by atoms with Crippen LogP contribution in [0.5, 0.6) is 0 Å². The molecule has 13 rings (SSSR count). The highest BCUT2D eigenvalue weighted by Gasteiger charge is 2.44. The van der Waals surface area contributed by atoms with Gasteiger partial charge >= 0.3 is 0 Å². The zero-order chi connectivity index (χ0) is 50.0. The van der Waals surface area contributed by atoms with E-state index in [4.69, 9.17) is 0 Å². The highest BCUT2D eigenvalue weighted by Crippen LogP contribution is 2.41. The Hall–Kier alpha value is -9.13. The molecule has 0 amide bonds. The number of benzene rings is 12. The number of rotatable bonds is 12. The van der Waals surface area contributed by atoms with Crippen LogP contribution in [-0.2, 0) is 0 Å². The first-order chi connectivity index (χ1) is 37.2. The average molecular weight is 988 g/mol. The molecule has 0 radical (unpaired) electrons. The molecule has 0 aliphatic carbocycles. The van der Waals surface area contributed by atoms with Crippen molar-refractivity contribution in [2.45, 2.75) is 0 Å². The van der Waals surface area contributed by atoms with Gasteiger partial charge in [-0.3, -0.25) is 0 Å². The molecule has 0 saturated carbocycles. The predicted octanol–water partition coefficient (Wildman–Crippen LogP) is 12.5. The van der Waals surface area contributed by atoms with Crippen molar-refractivity contribution in [1.29, 1.82) is 0 Å². The van der Waals surface area contributed by atoms with Crippen molar-refractivity contribution in [2.24, 2.45) is 0 Å². The average Bonchev–Trinajstić information content (AvgIpc) is 3.86. The third-order valence-electron chi connectivity index (χ3n) is 15.5. The lowest BCUT2D eigenvalue weighted by Gasteiger charge is -2.36. The van der Waals surface area contributed by atoms with Gasteiger partial charge in [0.1, 0.15) is 0 Å². The monoisotopic (exact) mass is 987 g/mol. The van der Waals surface area contributed by atoms with Crippen LogP contribution in [0.2, 0.25) is 0 Å². The van der Waals surface area contributed by atoms with E-state index in [-0.39, 0.29) is 0 Å². The fraction of sp³-hybridized carbons (Fsp3) is 0. The van der Waals surface area contributed by atoms with E-state index in [0.717, 1.165) is 5.69 Å². The first-order valence-corrected chi connectivity index (χ1v) is 30.0. The Morgan fingerprint density at radius 1 is 0.200 bits per heavy atom. The fourth-order valence-electron chi connectivity index (χ4n) is 12.2. The van der Waals surface area contributed by atoms with Gasteiger partial charge in [0, 0.05) is 21.9 Å². The van der Waals surface area contributed by atoms with Crippen molar-refractivity contribution in [3.8, 4) is 39.1 Å². The summed E-state index contributed by atoms with van der Waals surface area (Å²) in [7, 11) is -5.95. The Morgan fingerprint density at radius 2 is 0.507 bits per heavy atom. The van der Waals surface area contributed by atoms with Crippen molar-refractivity contribution in [3.05, 3.63) is 322 Å².